The molecule has 8 heteroatoms. The molecule has 0 saturated carbocycles. The minimum atomic E-state index is -0.441. The number of hydrogen-bond donors (Lipinski definition) is 0. The minimum Gasteiger partial charge on any atom is -0.465 e. The highest BCUT2D eigenvalue weighted by atomic mass is 32.2. The van der Waals surface area contributed by atoms with Crippen LogP contribution in [-0.2, 0) is 10.5 Å². The minimum absolute atomic E-state index is 0.309. The van der Waals surface area contributed by atoms with Gasteiger partial charge in [0.1, 0.15) is 22.9 Å². The molecular formula is C16H13FN2O4S. The smallest absolute Gasteiger partial charge is 0.341 e. The first-order valence-corrected chi connectivity index (χ1v) is 7.95. The van der Waals surface area contributed by atoms with Gasteiger partial charge < -0.3 is 13.6 Å². The van der Waals surface area contributed by atoms with Crippen LogP contribution < -0.4 is 0 Å². The van der Waals surface area contributed by atoms with Gasteiger partial charge >= 0.3 is 5.97 Å². The second kappa shape index (κ2) is 6.88. The Kier molecular flexibility index (Phi) is 4.66. The summed E-state index contributed by atoms with van der Waals surface area (Å²) in [5.41, 5.74) is 1.03. The maximum absolute atomic E-state index is 12.9. The number of carbonyl (C=O) groups excluding carboxylic acids is 1. The molecule has 0 aliphatic carbocycles. The number of nitrogens with zero attached hydrogens (tertiary/aromatic N) is 2. The van der Waals surface area contributed by atoms with E-state index in [4.69, 9.17) is 8.83 Å². The lowest BCUT2D eigenvalue weighted by molar-refractivity contribution is 0.0599. The molecule has 124 valence electrons. The van der Waals surface area contributed by atoms with Crippen molar-refractivity contribution in [3.63, 3.8) is 0 Å². The number of methoxy groups -OCH3 is 1. The highest BCUT2D eigenvalue weighted by molar-refractivity contribution is 7.98. The highest BCUT2D eigenvalue weighted by Gasteiger charge is 2.16. The van der Waals surface area contributed by atoms with E-state index in [1.807, 2.05) is 0 Å². The van der Waals surface area contributed by atoms with E-state index in [2.05, 4.69) is 14.9 Å². The fourth-order valence-electron chi connectivity index (χ4n) is 2.04. The Hall–Kier alpha value is -2.61. The Labute approximate surface area is 141 Å². The van der Waals surface area contributed by atoms with Crippen LogP contribution >= 0.6 is 11.8 Å². The summed E-state index contributed by atoms with van der Waals surface area (Å²) < 4.78 is 28.6. The second-order valence-electron chi connectivity index (χ2n) is 4.84. The van der Waals surface area contributed by atoms with Crippen LogP contribution in [-0.4, -0.2) is 23.3 Å². The lowest BCUT2D eigenvalue weighted by atomic mass is 10.2. The van der Waals surface area contributed by atoms with Gasteiger partial charge in [-0.15, -0.1) is 10.2 Å². The van der Waals surface area contributed by atoms with E-state index in [0.717, 1.165) is 0 Å². The van der Waals surface area contributed by atoms with Crippen molar-refractivity contribution in [2.45, 2.75) is 17.9 Å². The quantitative estimate of drug-likeness (QED) is 0.512. The molecule has 0 saturated heterocycles. The van der Waals surface area contributed by atoms with Crippen LogP contribution in [0.1, 0.15) is 21.9 Å². The third-order valence-corrected chi connectivity index (χ3v) is 4.05. The van der Waals surface area contributed by atoms with E-state index < -0.39 is 5.97 Å². The topological polar surface area (TPSA) is 78.4 Å². The van der Waals surface area contributed by atoms with Crippen LogP contribution in [0, 0.1) is 12.7 Å². The van der Waals surface area contributed by atoms with Crippen LogP contribution in [0.5, 0.6) is 0 Å². The molecular weight excluding hydrogens is 335 g/mol. The Morgan fingerprint density at radius 1 is 1.25 bits per heavy atom. The number of ether oxygens (including phenoxy) is 1. The summed E-state index contributed by atoms with van der Waals surface area (Å²) in [6.07, 6.45) is 0. The first kappa shape index (κ1) is 16.3. The van der Waals surface area contributed by atoms with Crippen LogP contribution in [0.25, 0.3) is 11.5 Å². The molecule has 2 heterocycles. The van der Waals surface area contributed by atoms with Gasteiger partial charge in [0.25, 0.3) is 5.22 Å². The normalized spacial score (nSPS) is 10.8. The number of furan rings is 1. The van der Waals surface area contributed by atoms with Gasteiger partial charge in [0, 0.05) is 5.56 Å². The second-order valence-corrected chi connectivity index (χ2v) is 5.77. The number of aromatic nitrogens is 2. The molecule has 3 rings (SSSR count). The van der Waals surface area contributed by atoms with Gasteiger partial charge in [-0.25, -0.2) is 9.18 Å². The molecule has 2 aromatic heterocycles. The molecule has 0 bridgehead atoms. The fraction of sp³-hybridized carbons (Fsp3) is 0.188. The molecule has 0 radical (unpaired) electrons. The van der Waals surface area contributed by atoms with Gasteiger partial charge in [0.15, 0.2) is 0 Å². The number of aryl methyl sites for hydroxylation is 1. The van der Waals surface area contributed by atoms with Crippen LogP contribution in [0.4, 0.5) is 4.39 Å². The average molecular weight is 348 g/mol. The number of carbonyl (C=O) groups is 1. The summed E-state index contributed by atoms with van der Waals surface area (Å²) in [4.78, 5) is 11.5. The zero-order valence-electron chi connectivity index (χ0n) is 12.9. The van der Waals surface area contributed by atoms with Crippen molar-refractivity contribution in [2.75, 3.05) is 7.11 Å². The summed E-state index contributed by atoms with van der Waals surface area (Å²) in [7, 11) is 1.32. The van der Waals surface area contributed by atoms with Crippen molar-refractivity contribution in [1.82, 2.24) is 10.2 Å². The maximum atomic E-state index is 12.9. The highest BCUT2D eigenvalue weighted by Crippen LogP contribution is 2.27. The molecule has 0 amide bonds. The van der Waals surface area contributed by atoms with Crippen molar-refractivity contribution in [3.8, 4) is 11.5 Å². The molecule has 0 aliphatic rings. The average Bonchev–Trinajstić information content (AvgIpc) is 3.19. The summed E-state index contributed by atoms with van der Waals surface area (Å²) >= 11 is 1.27. The van der Waals surface area contributed by atoms with Crippen molar-refractivity contribution in [1.29, 1.82) is 0 Å². The SMILES string of the molecule is COC(=O)c1cc(CSc2nnc(-c3ccc(F)cc3)o2)oc1C. The Morgan fingerprint density at radius 3 is 2.71 bits per heavy atom. The number of esters is 1. The predicted molar refractivity (Wildman–Crippen MR) is 84.0 cm³/mol. The van der Waals surface area contributed by atoms with Crippen LogP contribution in [0.15, 0.2) is 44.4 Å². The molecule has 24 heavy (non-hydrogen) atoms. The van der Waals surface area contributed by atoms with Crippen molar-refractivity contribution in [2.24, 2.45) is 0 Å². The van der Waals surface area contributed by atoms with E-state index in [9.17, 15) is 9.18 Å². The first-order chi connectivity index (χ1) is 11.6. The number of hydrogen-bond acceptors (Lipinski definition) is 7. The summed E-state index contributed by atoms with van der Waals surface area (Å²) in [5, 5.41) is 8.21. The molecule has 0 N–H and O–H groups in total. The van der Waals surface area contributed by atoms with E-state index in [1.54, 1.807) is 25.1 Å². The van der Waals surface area contributed by atoms with Crippen molar-refractivity contribution < 1.29 is 22.8 Å². The third kappa shape index (κ3) is 3.48. The Balaban J connectivity index is 1.67. The van der Waals surface area contributed by atoms with Gasteiger partial charge in [-0.1, -0.05) is 11.8 Å². The van der Waals surface area contributed by atoms with E-state index in [0.29, 0.717) is 39.5 Å². The maximum Gasteiger partial charge on any atom is 0.341 e. The number of rotatable bonds is 5. The molecule has 0 aliphatic heterocycles. The van der Waals surface area contributed by atoms with Crippen LogP contribution in [0.2, 0.25) is 0 Å². The number of halogens is 1. The summed E-state index contributed by atoms with van der Waals surface area (Å²) in [5.74, 6) is 1.05. The lowest BCUT2D eigenvalue weighted by Crippen LogP contribution is -2.00. The van der Waals surface area contributed by atoms with Crippen LogP contribution in [0.3, 0.4) is 0 Å². The van der Waals surface area contributed by atoms with Gasteiger partial charge in [-0.3, -0.25) is 0 Å². The van der Waals surface area contributed by atoms with E-state index in [1.165, 1.54) is 31.0 Å². The number of benzene rings is 1. The predicted octanol–water partition coefficient (Wildman–Crippen LogP) is 3.86. The first-order valence-electron chi connectivity index (χ1n) is 6.96. The molecule has 3 aromatic rings. The molecule has 6 nitrogen and oxygen atoms in total. The van der Waals surface area contributed by atoms with Gasteiger partial charge in [0.05, 0.1) is 12.9 Å². The van der Waals surface area contributed by atoms with Crippen molar-refractivity contribution in [3.05, 3.63) is 53.2 Å². The Morgan fingerprint density at radius 2 is 2.00 bits per heavy atom. The fourth-order valence-corrected chi connectivity index (χ4v) is 2.68. The zero-order chi connectivity index (χ0) is 17.1. The number of thioether (sulfide) groups is 1. The van der Waals surface area contributed by atoms with Gasteiger partial charge in [0.2, 0.25) is 5.89 Å². The van der Waals surface area contributed by atoms with Crippen molar-refractivity contribution >= 4 is 17.7 Å². The molecule has 0 spiro atoms. The van der Waals surface area contributed by atoms with E-state index >= 15 is 0 Å². The van der Waals surface area contributed by atoms with Gasteiger partial charge in [-0.2, -0.15) is 0 Å². The lowest BCUT2D eigenvalue weighted by Gasteiger charge is -1.94. The summed E-state index contributed by atoms with van der Waals surface area (Å²) in [6.45, 7) is 1.69. The largest absolute Gasteiger partial charge is 0.465 e. The monoisotopic (exact) mass is 348 g/mol. The summed E-state index contributed by atoms with van der Waals surface area (Å²) in [6, 6.07) is 7.41. The molecule has 0 atom stereocenters. The molecule has 0 fully saturated rings. The third-order valence-electron chi connectivity index (χ3n) is 3.21. The Bertz CT molecular complexity index is 857. The standard InChI is InChI=1S/C16H13FN2O4S/c1-9-13(15(20)21-2)7-12(22-9)8-24-16-19-18-14(23-16)10-3-5-11(17)6-4-10/h3-7H,8H2,1-2H3. The molecule has 1 aromatic carbocycles. The van der Waals surface area contributed by atoms with Gasteiger partial charge in [-0.05, 0) is 37.3 Å². The zero-order valence-corrected chi connectivity index (χ0v) is 13.7. The molecule has 0 unspecified atom stereocenters. The van der Waals surface area contributed by atoms with E-state index in [-0.39, 0.29) is 5.82 Å².